The summed E-state index contributed by atoms with van der Waals surface area (Å²) in [6, 6.07) is 8.49. The molecule has 1 aromatic carbocycles. The van der Waals surface area contributed by atoms with Crippen LogP contribution in [0.5, 0.6) is 0 Å². The van der Waals surface area contributed by atoms with Crippen molar-refractivity contribution in [1.29, 1.82) is 0 Å². The summed E-state index contributed by atoms with van der Waals surface area (Å²) >= 11 is 0. The Hall–Kier alpha value is -3.09. The number of benzene rings is 1. The third-order valence-electron chi connectivity index (χ3n) is 4.61. The maximum atomic E-state index is 13.7. The van der Waals surface area contributed by atoms with Crippen LogP contribution in [0.1, 0.15) is 33.9 Å². The van der Waals surface area contributed by atoms with Crippen molar-refractivity contribution in [2.75, 3.05) is 6.54 Å². The second-order valence-corrected chi connectivity index (χ2v) is 6.88. The summed E-state index contributed by atoms with van der Waals surface area (Å²) in [4.78, 5) is 21.3. The van der Waals surface area contributed by atoms with Crippen molar-refractivity contribution in [2.24, 2.45) is 0 Å². The predicted octanol–water partition coefficient (Wildman–Crippen LogP) is 2.94. The van der Waals surface area contributed by atoms with Gasteiger partial charge >= 0.3 is 0 Å². The Balaban J connectivity index is 1.68. The van der Waals surface area contributed by atoms with E-state index in [1.54, 1.807) is 22.9 Å². The number of carbonyl (C=O) groups excluding carboxylic acids is 1. The Morgan fingerprint density at radius 3 is 2.46 bits per heavy atom. The van der Waals surface area contributed by atoms with Crippen LogP contribution in [0.2, 0.25) is 0 Å². The molecule has 0 aliphatic rings. The summed E-state index contributed by atoms with van der Waals surface area (Å²) in [6.45, 7) is 7.98. The van der Waals surface area contributed by atoms with Gasteiger partial charge in [0.05, 0.1) is 12.1 Å². The normalized spacial score (nSPS) is 10.9. The average molecular weight is 381 g/mol. The zero-order valence-electron chi connectivity index (χ0n) is 16.6. The number of halogens is 1. The minimum Gasteiger partial charge on any atom is -0.355 e. The third kappa shape index (κ3) is 4.42. The average Bonchev–Trinajstić information content (AvgIpc) is 2.91. The van der Waals surface area contributed by atoms with Crippen LogP contribution in [0.4, 0.5) is 4.39 Å². The highest BCUT2D eigenvalue weighted by Gasteiger charge is 2.17. The first-order chi connectivity index (χ1) is 13.3. The van der Waals surface area contributed by atoms with Crippen LogP contribution in [-0.2, 0) is 17.6 Å². The SMILES string of the molecule is Cc1cc(C)nc(-n2nc(C)c(CC(=O)NCCc3ccccc3F)c2C)n1. The maximum absolute atomic E-state index is 13.7. The highest BCUT2D eigenvalue weighted by Crippen LogP contribution is 2.17. The van der Waals surface area contributed by atoms with Crippen LogP contribution in [-0.4, -0.2) is 32.2 Å². The molecule has 6 nitrogen and oxygen atoms in total. The molecule has 0 spiro atoms. The van der Waals surface area contributed by atoms with E-state index in [0.717, 1.165) is 28.3 Å². The maximum Gasteiger partial charge on any atom is 0.251 e. The van der Waals surface area contributed by atoms with Crippen molar-refractivity contribution in [3.63, 3.8) is 0 Å². The molecule has 3 aromatic rings. The number of carbonyl (C=O) groups is 1. The van der Waals surface area contributed by atoms with Gasteiger partial charge in [0.25, 0.3) is 5.95 Å². The van der Waals surface area contributed by atoms with Crippen molar-refractivity contribution >= 4 is 5.91 Å². The third-order valence-corrected chi connectivity index (χ3v) is 4.61. The number of aromatic nitrogens is 4. The van der Waals surface area contributed by atoms with E-state index in [-0.39, 0.29) is 18.1 Å². The Morgan fingerprint density at radius 1 is 1.11 bits per heavy atom. The molecule has 1 amide bonds. The smallest absolute Gasteiger partial charge is 0.251 e. The zero-order valence-corrected chi connectivity index (χ0v) is 16.6. The largest absolute Gasteiger partial charge is 0.355 e. The van der Waals surface area contributed by atoms with Gasteiger partial charge in [0.2, 0.25) is 5.91 Å². The van der Waals surface area contributed by atoms with E-state index in [4.69, 9.17) is 0 Å². The summed E-state index contributed by atoms with van der Waals surface area (Å²) in [6.07, 6.45) is 0.659. The van der Waals surface area contributed by atoms with Gasteiger partial charge in [-0.1, -0.05) is 18.2 Å². The van der Waals surface area contributed by atoms with Crippen molar-refractivity contribution in [3.8, 4) is 5.95 Å². The molecule has 2 heterocycles. The number of rotatable bonds is 6. The lowest BCUT2D eigenvalue weighted by Gasteiger charge is -2.07. The van der Waals surface area contributed by atoms with E-state index in [2.05, 4.69) is 20.4 Å². The molecule has 0 fully saturated rings. The van der Waals surface area contributed by atoms with Gasteiger partial charge < -0.3 is 5.32 Å². The molecule has 0 aliphatic heterocycles. The Bertz CT molecular complexity index is 992. The lowest BCUT2D eigenvalue weighted by atomic mass is 10.1. The fourth-order valence-electron chi connectivity index (χ4n) is 3.19. The van der Waals surface area contributed by atoms with Crippen LogP contribution in [0.25, 0.3) is 5.95 Å². The summed E-state index contributed by atoms with van der Waals surface area (Å²) in [5, 5.41) is 7.37. The number of aryl methyl sites for hydroxylation is 3. The first-order valence-corrected chi connectivity index (χ1v) is 9.23. The topological polar surface area (TPSA) is 72.7 Å². The van der Waals surface area contributed by atoms with Gasteiger partial charge in [-0.25, -0.2) is 19.0 Å². The molecule has 3 rings (SSSR count). The van der Waals surface area contributed by atoms with E-state index >= 15 is 0 Å². The first-order valence-electron chi connectivity index (χ1n) is 9.23. The summed E-state index contributed by atoms with van der Waals surface area (Å²) < 4.78 is 15.3. The Morgan fingerprint density at radius 2 is 1.79 bits per heavy atom. The molecule has 7 heteroatoms. The highest BCUT2D eigenvalue weighted by molar-refractivity contribution is 5.79. The summed E-state index contributed by atoms with van der Waals surface area (Å²) in [7, 11) is 0. The summed E-state index contributed by atoms with van der Waals surface area (Å²) in [5.74, 6) is 0.130. The van der Waals surface area contributed by atoms with Gasteiger partial charge in [-0.3, -0.25) is 4.79 Å². The van der Waals surface area contributed by atoms with Crippen LogP contribution < -0.4 is 5.32 Å². The van der Waals surface area contributed by atoms with Gasteiger partial charge in [-0.05, 0) is 51.8 Å². The molecule has 0 unspecified atom stereocenters. The fourth-order valence-corrected chi connectivity index (χ4v) is 3.19. The lowest BCUT2D eigenvalue weighted by Crippen LogP contribution is -2.27. The van der Waals surface area contributed by atoms with E-state index in [1.165, 1.54) is 6.07 Å². The Kier molecular flexibility index (Phi) is 5.82. The molecule has 0 atom stereocenters. The van der Waals surface area contributed by atoms with Crippen LogP contribution in [0.15, 0.2) is 30.3 Å². The van der Waals surface area contributed by atoms with Gasteiger partial charge in [-0.15, -0.1) is 0 Å². The number of hydrogen-bond donors (Lipinski definition) is 1. The second kappa shape index (κ2) is 8.29. The lowest BCUT2D eigenvalue weighted by molar-refractivity contribution is -0.120. The number of hydrogen-bond acceptors (Lipinski definition) is 4. The highest BCUT2D eigenvalue weighted by atomic mass is 19.1. The number of nitrogens with zero attached hydrogens (tertiary/aromatic N) is 4. The van der Waals surface area contributed by atoms with Crippen molar-refractivity contribution in [3.05, 3.63) is 70.1 Å². The fraction of sp³-hybridized carbons (Fsp3) is 0.333. The van der Waals surface area contributed by atoms with Gasteiger partial charge in [0.15, 0.2) is 0 Å². The van der Waals surface area contributed by atoms with E-state index in [0.29, 0.717) is 24.5 Å². The molecule has 146 valence electrons. The monoisotopic (exact) mass is 381 g/mol. The van der Waals surface area contributed by atoms with Crippen LogP contribution in [0.3, 0.4) is 0 Å². The minimum atomic E-state index is -0.252. The number of nitrogens with one attached hydrogen (secondary N) is 1. The standard InChI is InChI=1S/C21H24FN5O/c1-13-11-14(2)25-21(24-13)27-16(4)18(15(3)26-27)12-20(28)23-10-9-17-7-5-6-8-19(17)22/h5-8,11H,9-10,12H2,1-4H3,(H,23,28). The molecule has 1 N–H and O–H groups in total. The molecule has 0 saturated carbocycles. The molecule has 28 heavy (non-hydrogen) atoms. The van der Waals surface area contributed by atoms with Gasteiger partial charge in [0, 0.05) is 29.2 Å². The van der Waals surface area contributed by atoms with Crippen LogP contribution >= 0.6 is 0 Å². The van der Waals surface area contributed by atoms with Gasteiger partial charge in [0.1, 0.15) is 5.82 Å². The van der Waals surface area contributed by atoms with E-state index < -0.39 is 0 Å². The minimum absolute atomic E-state index is 0.122. The second-order valence-electron chi connectivity index (χ2n) is 6.88. The van der Waals surface area contributed by atoms with Crippen molar-refractivity contribution < 1.29 is 9.18 Å². The molecule has 0 saturated heterocycles. The molecule has 0 bridgehead atoms. The van der Waals surface area contributed by atoms with Crippen molar-refractivity contribution in [1.82, 2.24) is 25.1 Å². The molecular formula is C21H24FN5O. The van der Waals surface area contributed by atoms with E-state index in [1.807, 2.05) is 33.8 Å². The number of amides is 1. The van der Waals surface area contributed by atoms with Gasteiger partial charge in [-0.2, -0.15) is 5.10 Å². The van der Waals surface area contributed by atoms with E-state index in [9.17, 15) is 9.18 Å². The zero-order chi connectivity index (χ0) is 20.3. The predicted molar refractivity (Wildman–Crippen MR) is 105 cm³/mol. The molecular weight excluding hydrogens is 357 g/mol. The Labute approximate surface area is 163 Å². The molecule has 0 aliphatic carbocycles. The molecule has 2 aromatic heterocycles. The van der Waals surface area contributed by atoms with Crippen molar-refractivity contribution in [2.45, 2.75) is 40.5 Å². The molecule has 0 radical (unpaired) electrons. The summed E-state index contributed by atoms with van der Waals surface area (Å²) in [5.41, 5.74) is 4.78. The first kappa shape index (κ1) is 19.7. The quantitative estimate of drug-likeness (QED) is 0.713. The van der Waals surface area contributed by atoms with Crippen LogP contribution in [0, 0.1) is 33.5 Å².